The number of benzene rings is 2. The normalized spacial score (nSPS) is 14.5. The van der Waals surface area contributed by atoms with Crippen LogP contribution < -0.4 is 9.64 Å². The lowest BCUT2D eigenvalue weighted by molar-refractivity contribution is -0.149. The number of nitrogens with zero attached hydrogens (tertiary/aromatic N) is 1. The molecule has 0 spiro atoms. The third-order valence-electron chi connectivity index (χ3n) is 4.52. The van der Waals surface area contributed by atoms with Gasteiger partial charge in [-0.2, -0.15) is 0 Å². The van der Waals surface area contributed by atoms with E-state index >= 15 is 0 Å². The molecule has 1 atom stereocenters. The fraction of sp³-hybridized carbons (Fsp3) is 0.273. The summed E-state index contributed by atoms with van der Waals surface area (Å²) >= 11 is 0. The molecule has 1 amide bonds. The van der Waals surface area contributed by atoms with Crippen LogP contribution in [0.4, 0.5) is 5.69 Å². The Hall–Kier alpha value is -3.08. The third kappa shape index (κ3) is 4.56. The number of carbonyl (C=O) groups excluding carboxylic acids is 2. The number of aryl methyl sites for hydroxylation is 1. The Morgan fingerprint density at radius 3 is 2.78 bits per heavy atom. The van der Waals surface area contributed by atoms with Crippen LogP contribution in [0.1, 0.15) is 24.5 Å². The molecule has 5 nitrogen and oxygen atoms in total. The van der Waals surface area contributed by atoms with Crippen molar-refractivity contribution in [1.29, 1.82) is 0 Å². The molecule has 0 saturated carbocycles. The topological polar surface area (TPSA) is 55.8 Å². The molecule has 27 heavy (non-hydrogen) atoms. The van der Waals surface area contributed by atoms with Crippen LogP contribution in [0.5, 0.6) is 5.75 Å². The third-order valence-corrected chi connectivity index (χ3v) is 4.52. The van der Waals surface area contributed by atoms with Crippen molar-refractivity contribution in [2.75, 3.05) is 18.6 Å². The molecule has 140 valence electrons. The van der Waals surface area contributed by atoms with E-state index in [1.54, 1.807) is 25.0 Å². The van der Waals surface area contributed by atoms with Crippen LogP contribution in [-0.2, 0) is 20.7 Å². The summed E-state index contributed by atoms with van der Waals surface area (Å²) in [7, 11) is 1.59. The molecule has 0 fully saturated rings. The fourth-order valence-corrected chi connectivity index (χ4v) is 3.16. The van der Waals surface area contributed by atoms with E-state index in [1.165, 1.54) is 6.08 Å². The molecule has 1 aliphatic heterocycles. The summed E-state index contributed by atoms with van der Waals surface area (Å²) in [4.78, 5) is 26.6. The van der Waals surface area contributed by atoms with Crippen LogP contribution in [0.2, 0.25) is 0 Å². The highest BCUT2D eigenvalue weighted by Gasteiger charge is 2.27. The van der Waals surface area contributed by atoms with Gasteiger partial charge in [0.05, 0.1) is 7.11 Å². The van der Waals surface area contributed by atoms with E-state index in [2.05, 4.69) is 0 Å². The average Bonchev–Trinajstić information content (AvgIpc) is 2.71. The second-order valence-corrected chi connectivity index (χ2v) is 6.41. The molecule has 0 saturated heterocycles. The van der Waals surface area contributed by atoms with Gasteiger partial charge < -0.3 is 14.4 Å². The van der Waals surface area contributed by atoms with E-state index in [-0.39, 0.29) is 5.91 Å². The van der Waals surface area contributed by atoms with Gasteiger partial charge in [-0.1, -0.05) is 30.3 Å². The van der Waals surface area contributed by atoms with Gasteiger partial charge in [0, 0.05) is 18.3 Å². The highest BCUT2D eigenvalue weighted by atomic mass is 16.5. The highest BCUT2D eigenvalue weighted by molar-refractivity contribution is 5.99. The lowest BCUT2D eigenvalue weighted by Gasteiger charge is -2.31. The van der Waals surface area contributed by atoms with Gasteiger partial charge in [-0.3, -0.25) is 4.79 Å². The summed E-state index contributed by atoms with van der Waals surface area (Å²) in [5.74, 6) is -0.0490. The molecule has 2 aromatic rings. The minimum absolute atomic E-state index is 0.203. The number of ether oxygens (including phenoxy) is 2. The fourth-order valence-electron chi connectivity index (χ4n) is 3.16. The van der Waals surface area contributed by atoms with Crippen LogP contribution in [0.15, 0.2) is 54.6 Å². The first-order valence-corrected chi connectivity index (χ1v) is 9.00. The summed E-state index contributed by atoms with van der Waals surface area (Å²) in [5, 5.41) is 0. The summed E-state index contributed by atoms with van der Waals surface area (Å²) in [6.45, 7) is 2.24. The summed E-state index contributed by atoms with van der Waals surface area (Å²) in [6, 6.07) is 15.2. The first-order valence-electron chi connectivity index (χ1n) is 9.00. The Bertz CT molecular complexity index is 859. The van der Waals surface area contributed by atoms with E-state index in [1.807, 2.05) is 48.5 Å². The number of carbonyl (C=O) groups is 2. The van der Waals surface area contributed by atoms with Gasteiger partial charge >= 0.3 is 5.97 Å². The van der Waals surface area contributed by atoms with Crippen LogP contribution in [0, 0.1) is 0 Å². The maximum Gasteiger partial charge on any atom is 0.331 e. The minimum atomic E-state index is -0.849. The number of anilines is 1. The standard InChI is InChI=1S/C22H23NO4/c1-16(22(25)23-14-6-9-18-8-3-4-11-20(18)23)27-21(24)13-12-17-7-5-10-19(15-17)26-2/h3-5,7-8,10-13,15-16H,6,9,14H2,1-2H3/b13-12+. The Morgan fingerprint density at radius 1 is 1.15 bits per heavy atom. The van der Waals surface area contributed by atoms with Crippen LogP contribution in [-0.4, -0.2) is 31.6 Å². The molecule has 3 rings (SSSR count). The van der Waals surface area contributed by atoms with Crippen molar-refractivity contribution in [1.82, 2.24) is 0 Å². The molecule has 0 bridgehead atoms. The predicted octanol–water partition coefficient (Wildman–Crippen LogP) is 3.62. The molecule has 0 N–H and O–H groups in total. The largest absolute Gasteiger partial charge is 0.497 e. The number of rotatable bonds is 5. The number of fused-ring (bicyclic) bond motifs is 1. The molecule has 2 aromatic carbocycles. The van der Waals surface area contributed by atoms with Gasteiger partial charge in [-0.25, -0.2) is 4.79 Å². The second-order valence-electron chi connectivity index (χ2n) is 6.41. The Labute approximate surface area is 159 Å². The van der Waals surface area contributed by atoms with Crippen molar-refractivity contribution >= 4 is 23.6 Å². The van der Waals surface area contributed by atoms with Crippen molar-refractivity contribution in [3.63, 3.8) is 0 Å². The van der Waals surface area contributed by atoms with Gasteiger partial charge in [0.1, 0.15) is 5.75 Å². The van der Waals surface area contributed by atoms with Crippen LogP contribution in [0.3, 0.4) is 0 Å². The number of hydrogen-bond donors (Lipinski definition) is 0. The monoisotopic (exact) mass is 365 g/mol. The quantitative estimate of drug-likeness (QED) is 0.600. The molecule has 1 aliphatic rings. The van der Waals surface area contributed by atoms with Crippen molar-refractivity contribution in [2.24, 2.45) is 0 Å². The van der Waals surface area contributed by atoms with Gasteiger partial charge in [0.25, 0.3) is 5.91 Å². The zero-order valence-electron chi connectivity index (χ0n) is 15.6. The Kier molecular flexibility index (Phi) is 5.91. The van der Waals surface area contributed by atoms with E-state index in [0.29, 0.717) is 12.3 Å². The number of esters is 1. The predicted molar refractivity (Wildman–Crippen MR) is 105 cm³/mol. The molecule has 1 unspecified atom stereocenters. The molecular weight excluding hydrogens is 342 g/mol. The number of amides is 1. The zero-order chi connectivity index (χ0) is 19.2. The van der Waals surface area contributed by atoms with Gasteiger partial charge in [-0.15, -0.1) is 0 Å². The molecule has 1 heterocycles. The number of para-hydroxylation sites is 1. The minimum Gasteiger partial charge on any atom is -0.497 e. The summed E-state index contributed by atoms with van der Waals surface area (Å²) < 4.78 is 10.5. The molecular formula is C22H23NO4. The molecule has 0 aliphatic carbocycles. The van der Waals surface area contributed by atoms with E-state index in [0.717, 1.165) is 29.7 Å². The number of methoxy groups -OCH3 is 1. The van der Waals surface area contributed by atoms with E-state index < -0.39 is 12.1 Å². The maximum absolute atomic E-state index is 12.8. The van der Waals surface area contributed by atoms with E-state index in [4.69, 9.17) is 9.47 Å². The molecule has 0 aromatic heterocycles. The lowest BCUT2D eigenvalue weighted by Crippen LogP contribution is -2.42. The van der Waals surface area contributed by atoms with Crippen molar-refractivity contribution in [2.45, 2.75) is 25.9 Å². The average molecular weight is 365 g/mol. The lowest BCUT2D eigenvalue weighted by atomic mass is 10.0. The Balaban J connectivity index is 1.63. The summed E-state index contributed by atoms with van der Waals surface area (Å²) in [5.41, 5.74) is 2.87. The smallest absolute Gasteiger partial charge is 0.331 e. The first-order chi connectivity index (χ1) is 13.1. The van der Waals surface area contributed by atoms with Crippen molar-refractivity contribution in [3.8, 4) is 5.75 Å². The van der Waals surface area contributed by atoms with Gasteiger partial charge in [0.15, 0.2) is 6.10 Å². The Morgan fingerprint density at radius 2 is 1.96 bits per heavy atom. The van der Waals surface area contributed by atoms with Crippen LogP contribution in [0.25, 0.3) is 6.08 Å². The molecule has 5 heteroatoms. The van der Waals surface area contributed by atoms with Crippen molar-refractivity contribution < 1.29 is 19.1 Å². The zero-order valence-corrected chi connectivity index (χ0v) is 15.6. The first kappa shape index (κ1) is 18.7. The van der Waals surface area contributed by atoms with Gasteiger partial charge in [-0.05, 0) is 55.2 Å². The van der Waals surface area contributed by atoms with Crippen molar-refractivity contribution in [3.05, 3.63) is 65.7 Å². The summed E-state index contributed by atoms with van der Waals surface area (Å²) in [6.07, 6.45) is 3.97. The molecule has 0 radical (unpaired) electrons. The second kappa shape index (κ2) is 8.54. The van der Waals surface area contributed by atoms with Gasteiger partial charge in [0.2, 0.25) is 0 Å². The number of hydrogen-bond acceptors (Lipinski definition) is 4. The van der Waals surface area contributed by atoms with E-state index in [9.17, 15) is 9.59 Å². The SMILES string of the molecule is COc1cccc(/C=C/C(=O)OC(C)C(=O)N2CCCc3ccccc32)c1. The maximum atomic E-state index is 12.8. The van der Waals surface area contributed by atoms with Crippen LogP contribution >= 0.6 is 0 Å². The highest BCUT2D eigenvalue weighted by Crippen LogP contribution is 2.27.